The Kier molecular flexibility index (Phi) is 6.35. The van der Waals surface area contributed by atoms with Crippen LogP contribution < -0.4 is 11.1 Å². The monoisotopic (exact) mass is 419 g/mol. The van der Waals surface area contributed by atoms with Crippen molar-refractivity contribution in [2.45, 2.75) is 47.6 Å². The Hall–Kier alpha value is -2.83. The number of aromatic nitrogens is 1. The van der Waals surface area contributed by atoms with Crippen molar-refractivity contribution in [1.82, 2.24) is 4.98 Å². The first-order chi connectivity index (χ1) is 14.6. The number of pyridine rings is 1. The highest BCUT2D eigenvalue weighted by Crippen LogP contribution is 2.37. The molecule has 30 heavy (non-hydrogen) atoms. The summed E-state index contributed by atoms with van der Waals surface area (Å²) in [5.74, 6) is -0.446. The molecule has 4 N–H and O–H groups in total. The van der Waals surface area contributed by atoms with Crippen LogP contribution in [0.4, 0.5) is 5.69 Å². The highest BCUT2D eigenvalue weighted by Gasteiger charge is 2.21. The molecule has 1 heterocycles. The zero-order valence-electron chi connectivity index (χ0n) is 16.6. The number of amides is 1. The quantitative estimate of drug-likeness (QED) is 0.538. The number of hydrogen-bond donors (Lipinski definition) is 3. The number of carbonyl (C=O) groups excluding carboxylic acids is 1. The van der Waals surface area contributed by atoms with Crippen LogP contribution in [0.25, 0.3) is 11.1 Å². The highest BCUT2D eigenvalue weighted by molar-refractivity contribution is 7.99. The Morgan fingerprint density at radius 2 is 1.87 bits per heavy atom. The van der Waals surface area contributed by atoms with Crippen molar-refractivity contribution >= 4 is 23.4 Å². The summed E-state index contributed by atoms with van der Waals surface area (Å²) in [6, 6.07) is 18.1. The summed E-state index contributed by atoms with van der Waals surface area (Å²) in [6.07, 6.45) is 6.68. The molecule has 0 spiro atoms. The molecule has 5 nitrogen and oxygen atoms in total. The Morgan fingerprint density at radius 3 is 2.60 bits per heavy atom. The summed E-state index contributed by atoms with van der Waals surface area (Å²) < 4.78 is 0. The minimum absolute atomic E-state index is 0.221. The smallest absolute Gasteiger partial charge is 0.250 e. The summed E-state index contributed by atoms with van der Waals surface area (Å²) >= 11 is 1.66. The predicted molar refractivity (Wildman–Crippen MR) is 121 cm³/mol. The normalized spacial score (nSPS) is 18.7. The first kappa shape index (κ1) is 20.4. The molecule has 0 bridgehead atoms. The fraction of sp³-hybridized carbons (Fsp3) is 0.250. The third-order valence-corrected chi connectivity index (χ3v) is 6.45. The fourth-order valence-corrected chi connectivity index (χ4v) is 4.77. The number of nitrogens with one attached hydrogen (secondary N) is 1. The molecule has 1 fully saturated rings. The molecule has 0 saturated heterocycles. The maximum Gasteiger partial charge on any atom is 0.250 e. The summed E-state index contributed by atoms with van der Waals surface area (Å²) in [6.45, 7) is 0. The molecule has 1 aromatic heterocycles. The molecular formula is C24H25N3O2S. The fourth-order valence-electron chi connectivity index (χ4n) is 3.81. The molecule has 1 amide bonds. The van der Waals surface area contributed by atoms with E-state index in [2.05, 4.69) is 22.4 Å². The molecule has 1 saturated carbocycles. The Balaban J connectivity index is 1.66. The van der Waals surface area contributed by atoms with E-state index >= 15 is 0 Å². The molecule has 154 valence electrons. The van der Waals surface area contributed by atoms with Crippen molar-refractivity contribution < 1.29 is 9.90 Å². The van der Waals surface area contributed by atoms with Crippen molar-refractivity contribution in [2.24, 2.45) is 5.73 Å². The van der Waals surface area contributed by atoms with Crippen molar-refractivity contribution in [1.29, 1.82) is 0 Å². The van der Waals surface area contributed by atoms with Gasteiger partial charge >= 0.3 is 0 Å². The minimum atomic E-state index is -0.446. The number of primary amides is 1. The van der Waals surface area contributed by atoms with E-state index < -0.39 is 5.91 Å². The lowest BCUT2D eigenvalue weighted by molar-refractivity contribution is 0.100. The van der Waals surface area contributed by atoms with Crippen LogP contribution >= 0.6 is 11.8 Å². The van der Waals surface area contributed by atoms with Crippen LogP contribution in [0.15, 0.2) is 76.8 Å². The van der Waals surface area contributed by atoms with Gasteiger partial charge in [0.05, 0.1) is 11.7 Å². The SMILES string of the molecule is NC(=O)c1ccc(-c2ccccc2Sc2cccnc2)cc1N[C@H]1CC[C@H](O)CC1. The van der Waals surface area contributed by atoms with Gasteiger partial charge in [-0.1, -0.05) is 36.0 Å². The second kappa shape index (κ2) is 9.32. The Bertz CT molecular complexity index is 1020. The lowest BCUT2D eigenvalue weighted by Crippen LogP contribution is -2.29. The third-order valence-electron chi connectivity index (χ3n) is 5.40. The second-order valence-corrected chi connectivity index (χ2v) is 8.68. The number of nitrogens with zero attached hydrogens (tertiary/aromatic N) is 1. The zero-order chi connectivity index (χ0) is 20.9. The average Bonchev–Trinajstić information content (AvgIpc) is 2.76. The molecule has 4 rings (SSSR count). The van der Waals surface area contributed by atoms with Crippen LogP contribution in [0, 0.1) is 0 Å². The Labute approximate surface area is 180 Å². The molecule has 6 heteroatoms. The highest BCUT2D eigenvalue weighted by atomic mass is 32.2. The van der Waals surface area contributed by atoms with E-state index in [4.69, 9.17) is 5.73 Å². The molecule has 0 atom stereocenters. The number of anilines is 1. The number of aliphatic hydroxyl groups is 1. The van der Waals surface area contributed by atoms with E-state index in [1.165, 1.54) is 0 Å². The lowest BCUT2D eigenvalue weighted by atomic mass is 9.92. The van der Waals surface area contributed by atoms with Crippen LogP contribution in [-0.4, -0.2) is 28.1 Å². The van der Waals surface area contributed by atoms with Gasteiger partial charge in [0.15, 0.2) is 0 Å². The molecule has 3 aromatic rings. The third kappa shape index (κ3) is 4.83. The zero-order valence-corrected chi connectivity index (χ0v) is 17.4. The second-order valence-electron chi connectivity index (χ2n) is 7.56. The van der Waals surface area contributed by atoms with E-state index in [-0.39, 0.29) is 12.1 Å². The molecule has 1 aliphatic carbocycles. The van der Waals surface area contributed by atoms with Gasteiger partial charge in [-0.05, 0) is 67.1 Å². The number of aliphatic hydroxyl groups excluding tert-OH is 1. The van der Waals surface area contributed by atoms with Gasteiger partial charge in [0, 0.05) is 33.9 Å². The van der Waals surface area contributed by atoms with Gasteiger partial charge in [-0.3, -0.25) is 9.78 Å². The number of nitrogens with two attached hydrogens (primary N) is 1. The maximum atomic E-state index is 12.0. The summed E-state index contributed by atoms with van der Waals surface area (Å²) in [5, 5.41) is 13.3. The average molecular weight is 420 g/mol. The largest absolute Gasteiger partial charge is 0.393 e. The molecule has 0 aliphatic heterocycles. The standard InChI is InChI=1S/C24H25N3O2S/c25-24(29)21-12-7-16(14-22(21)27-17-8-10-18(28)11-9-17)20-5-1-2-6-23(20)30-19-4-3-13-26-15-19/h1-7,12-15,17-18,27-28H,8-11H2,(H2,25,29)/t17-,18-. The van der Waals surface area contributed by atoms with Crippen molar-refractivity contribution in [3.63, 3.8) is 0 Å². The van der Waals surface area contributed by atoms with Gasteiger partial charge in [0.25, 0.3) is 5.91 Å². The van der Waals surface area contributed by atoms with Crippen LogP contribution in [0.3, 0.4) is 0 Å². The van der Waals surface area contributed by atoms with E-state index in [1.54, 1.807) is 24.0 Å². The van der Waals surface area contributed by atoms with Crippen LogP contribution in [-0.2, 0) is 0 Å². The summed E-state index contributed by atoms with van der Waals surface area (Å²) in [4.78, 5) is 18.4. The van der Waals surface area contributed by atoms with Crippen LogP contribution in [0.2, 0.25) is 0 Å². The number of rotatable bonds is 6. The van der Waals surface area contributed by atoms with Gasteiger partial charge in [0.1, 0.15) is 0 Å². The van der Waals surface area contributed by atoms with E-state index in [0.717, 1.165) is 52.3 Å². The number of hydrogen-bond acceptors (Lipinski definition) is 5. The molecule has 0 radical (unpaired) electrons. The van der Waals surface area contributed by atoms with E-state index in [1.807, 2.05) is 42.6 Å². The van der Waals surface area contributed by atoms with Gasteiger partial charge in [-0.25, -0.2) is 0 Å². The van der Waals surface area contributed by atoms with Gasteiger partial charge in [0.2, 0.25) is 0 Å². The Morgan fingerprint density at radius 1 is 1.07 bits per heavy atom. The van der Waals surface area contributed by atoms with Crippen LogP contribution in [0.1, 0.15) is 36.0 Å². The van der Waals surface area contributed by atoms with E-state index in [9.17, 15) is 9.90 Å². The summed E-state index contributed by atoms with van der Waals surface area (Å²) in [7, 11) is 0. The van der Waals surface area contributed by atoms with Crippen molar-refractivity contribution in [3.8, 4) is 11.1 Å². The summed E-state index contributed by atoms with van der Waals surface area (Å²) in [5.41, 5.74) is 8.98. The van der Waals surface area contributed by atoms with Gasteiger partial charge in [-0.2, -0.15) is 0 Å². The molecular weight excluding hydrogens is 394 g/mol. The topological polar surface area (TPSA) is 88.2 Å². The molecule has 1 aliphatic rings. The van der Waals surface area contributed by atoms with Crippen molar-refractivity contribution in [2.75, 3.05) is 5.32 Å². The van der Waals surface area contributed by atoms with Crippen molar-refractivity contribution in [3.05, 3.63) is 72.6 Å². The first-order valence-corrected chi connectivity index (χ1v) is 11.0. The predicted octanol–water partition coefficient (Wildman–Crippen LogP) is 4.71. The lowest BCUT2D eigenvalue weighted by Gasteiger charge is -2.28. The van der Waals surface area contributed by atoms with Gasteiger partial charge < -0.3 is 16.2 Å². The maximum absolute atomic E-state index is 12.0. The first-order valence-electron chi connectivity index (χ1n) is 10.2. The molecule has 0 unspecified atom stereocenters. The van der Waals surface area contributed by atoms with E-state index in [0.29, 0.717) is 5.56 Å². The van der Waals surface area contributed by atoms with Gasteiger partial charge in [-0.15, -0.1) is 0 Å². The molecule has 2 aromatic carbocycles. The number of carbonyl (C=O) groups is 1. The van der Waals surface area contributed by atoms with Crippen LogP contribution in [0.5, 0.6) is 0 Å². The number of benzene rings is 2. The minimum Gasteiger partial charge on any atom is -0.393 e.